The number of methoxy groups -OCH3 is 1. The molecule has 1 unspecified atom stereocenters. The summed E-state index contributed by atoms with van der Waals surface area (Å²) in [6, 6.07) is 17.7. The van der Waals surface area contributed by atoms with Crippen LogP contribution in [0, 0.1) is 0 Å². The summed E-state index contributed by atoms with van der Waals surface area (Å²) >= 11 is 1.90. The molecule has 1 heterocycles. The smallest absolute Gasteiger partial charge is 0.260 e. The molecule has 1 amide bonds. The molecule has 1 saturated heterocycles. The van der Waals surface area contributed by atoms with Crippen molar-refractivity contribution in [2.75, 3.05) is 32.6 Å². The normalized spacial score (nSPS) is 17.4. The van der Waals surface area contributed by atoms with Crippen LogP contribution in [0.3, 0.4) is 0 Å². The van der Waals surface area contributed by atoms with Crippen LogP contribution in [-0.4, -0.2) is 43.4 Å². The monoisotopic (exact) mass is 343 g/mol. The lowest BCUT2D eigenvalue weighted by Gasteiger charge is -2.32. The van der Waals surface area contributed by atoms with Crippen LogP contribution in [0.2, 0.25) is 0 Å². The van der Waals surface area contributed by atoms with Gasteiger partial charge in [-0.25, -0.2) is 0 Å². The van der Waals surface area contributed by atoms with Gasteiger partial charge in [0.1, 0.15) is 0 Å². The van der Waals surface area contributed by atoms with Gasteiger partial charge in [-0.2, -0.15) is 11.8 Å². The van der Waals surface area contributed by atoms with E-state index in [2.05, 4.69) is 12.1 Å². The van der Waals surface area contributed by atoms with Gasteiger partial charge in [0.05, 0.1) is 7.11 Å². The van der Waals surface area contributed by atoms with Gasteiger partial charge in [0.15, 0.2) is 18.1 Å². The van der Waals surface area contributed by atoms with Gasteiger partial charge < -0.3 is 14.4 Å². The molecule has 0 bridgehead atoms. The molecule has 126 valence electrons. The van der Waals surface area contributed by atoms with Crippen LogP contribution in [-0.2, 0) is 4.79 Å². The minimum Gasteiger partial charge on any atom is -0.493 e. The highest BCUT2D eigenvalue weighted by Gasteiger charge is 2.25. The van der Waals surface area contributed by atoms with Crippen molar-refractivity contribution >= 4 is 17.7 Å². The molecule has 1 fully saturated rings. The van der Waals surface area contributed by atoms with Crippen molar-refractivity contribution in [1.29, 1.82) is 0 Å². The fourth-order valence-corrected chi connectivity index (χ4v) is 3.96. The third kappa shape index (κ3) is 4.03. The fourth-order valence-electron chi connectivity index (χ4n) is 2.71. The summed E-state index contributed by atoms with van der Waals surface area (Å²) in [7, 11) is 1.59. The Balaban J connectivity index is 1.58. The molecule has 4 nitrogen and oxygen atoms in total. The Labute approximate surface area is 146 Å². The number of benzene rings is 2. The summed E-state index contributed by atoms with van der Waals surface area (Å²) in [4.78, 5) is 14.4. The van der Waals surface area contributed by atoms with E-state index in [1.807, 2.05) is 59.1 Å². The number of hydrogen-bond donors (Lipinski definition) is 0. The largest absolute Gasteiger partial charge is 0.493 e. The Hall–Kier alpha value is -2.14. The highest BCUT2D eigenvalue weighted by atomic mass is 32.2. The zero-order valence-electron chi connectivity index (χ0n) is 13.7. The van der Waals surface area contributed by atoms with Gasteiger partial charge in [-0.05, 0) is 17.7 Å². The van der Waals surface area contributed by atoms with Gasteiger partial charge in [-0.3, -0.25) is 4.79 Å². The van der Waals surface area contributed by atoms with Crippen LogP contribution >= 0.6 is 11.8 Å². The summed E-state index contributed by atoms with van der Waals surface area (Å²) in [5, 5.41) is 0.329. The van der Waals surface area contributed by atoms with Crippen molar-refractivity contribution in [3.63, 3.8) is 0 Å². The molecule has 2 aromatic rings. The van der Waals surface area contributed by atoms with E-state index < -0.39 is 0 Å². The van der Waals surface area contributed by atoms with Crippen LogP contribution in [0.5, 0.6) is 11.5 Å². The number of para-hydroxylation sites is 2. The number of thioether (sulfide) groups is 1. The van der Waals surface area contributed by atoms with Crippen LogP contribution in [0.15, 0.2) is 54.6 Å². The zero-order valence-corrected chi connectivity index (χ0v) is 14.5. The second-order valence-electron chi connectivity index (χ2n) is 5.55. The van der Waals surface area contributed by atoms with Gasteiger partial charge >= 0.3 is 0 Å². The van der Waals surface area contributed by atoms with Gasteiger partial charge in [-0.1, -0.05) is 42.5 Å². The molecule has 0 N–H and O–H groups in total. The van der Waals surface area contributed by atoms with Crippen molar-refractivity contribution < 1.29 is 14.3 Å². The van der Waals surface area contributed by atoms with E-state index >= 15 is 0 Å². The van der Waals surface area contributed by atoms with Crippen LogP contribution in [0.4, 0.5) is 0 Å². The molecule has 0 saturated carbocycles. The highest BCUT2D eigenvalue weighted by Crippen LogP contribution is 2.33. The average Bonchev–Trinajstić information content (AvgIpc) is 2.67. The maximum atomic E-state index is 12.5. The maximum absolute atomic E-state index is 12.5. The number of carbonyl (C=O) groups excluding carboxylic acids is 1. The summed E-state index contributed by atoms with van der Waals surface area (Å²) < 4.78 is 10.9. The predicted octanol–water partition coefficient (Wildman–Crippen LogP) is 3.39. The molecule has 2 aromatic carbocycles. The van der Waals surface area contributed by atoms with Crippen LogP contribution in [0.25, 0.3) is 0 Å². The number of ether oxygens (including phenoxy) is 2. The fraction of sp³-hybridized carbons (Fsp3) is 0.316. The molecular formula is C19H21NO3S. The van der Waals surface area contributed by atoms with E-state index in [4.69, 9.17) is 9.47 Å². The quantitative estimate of drug-likeness (QED) is 0.834. The van der Waals surface area contributed by atoms with Crippen LogP contribution in [0.1, 0.15) is 10.8 Å². The molecule has 1 aliphatic rings. The minimum absolute atomic E-state index is 0.0159. The summed E-state index contributed by atoms with van der Waals surface area (Å²) in [5.41, 5.74) is 1.27. The molecular weight excluding hydrogens is 322 g/mol. The van der Waals surface area contributed by atoms with Crippen molar-refractivity contribution in [2.24, 2.45) is 0 Å². The number of nitrogens with zero attached hydrogens (tertiary/aromatic N) is 1. The lowest BCUT2D eigenvalue weighted by Crippen LogP contribution is -2.41. The van der Waals surface area contributed by atoms with Gasteiger partial charge in [0, 0.05) is 24.1 Å². The first-order valence-electron chi connectivity index (χ1n) is 7.98. The summed E-state index contributed by atoms with van der Waals surface area (Å²) in [5.74, 6) is 2.20. The Morgan fingerprint density at radius 3 is 2.58 bits per heavy atom. The lowest BCUT2D eigenvalue weighted by molar-refractivity contribution is -0.133. The average molecular weight is 343 g/mol. The van der Waals surface area contributed by atoms with Crippen molar-refractivity contribution in [3.05, 3.63) is 60.2 Å². The summed E-state index contributed by atoms with van der Waals surface area (Å²) in [6.45, 7) is 1.53. The third-order valence-electron chi connectivity index (χ3n) is 4.01. The predicted molar refractivity (Wildman–Crippen MR) is 96.7 cm³/mol. The first kappa shape index (κ1) is 16.7. The van der Waals surface area contributed by atoms with E-state index in [1.165, 1.54) is 5.56 Å². The molecule has 5 heteroatoms. The minimum atomic E-state index is 0.0159. The molecule has 0 radical (unpaired) electrons. The molecule has 3 rings (SSSR count). The topological polar surface area (TPSA) is 38.8 Å². The number of hydrogen-bond acceptors (Lipinski definition) is 4. The molecule has 24 heavy (non-hydrogen) atoms. The molecule has 1 aliphatic heterocycles. The number of carbonyl (C=O) groups is 1. The molecule has 0 aliphatic carbocycles. The Bertz CT molecular complexity index is 677. The van der Waals surface area contributed by atoms with Crippen LogP contribution < -0.4 is 9.47 Å². The number of rotatable bonds is 5. The Kier molecular flexibility index (Phi) is 5.64. The third-order valence-corrected chi connectivity index (χ3v) is 5.25. The van der Waals surface area contributed by atoms with Gasteiger partial charge in [-0.15, -0.1) is 0 Å². The zero-order chi connectivity index (χ0) is 16.8. The van der Waals surface area contributed by atoms with E-state index in [-0.39, 0.29) is 12.5 Å². The van der Waals surface area contributed by atoms with E-state index in [1.54, 1.807) is 7.11 Å². The summed E-state index contributed by atoms with van der Waals surface area (Å²) in [6.07, 6.45) is 0. The second kappa shape index (κ2) is 8.11. The lowest BCUT2D eigenvalue weighted by atomic mass is 10.1. The van der Waals surface area contributed by atoms with E-state index in [0.717, 1.165) is 18.8 Å². The first-order chi connectivity index (χ1) is 11.8. The standard InChI is InChI=1S/C19H21NO3S/c1-22-16-9-5-6-10-17(16)23-14-19(21)20-11-12-24-18(13-20)15-7-3-2-4-8-15/h2-10,18H,11-14H2,1H3. The highest BCUT2D eigenvalue weighted by molar-refractivity contribution is 7.99. The van der Waals surface area contributed by atoms with Crippen molar-refractivity contribution in [3.8, 4) is 11.5 Å². The second-order valence-corrected chi connectivity index (χ2v) is 6.86. The molecule has 1 atom stereocenters. The number of amides is 1. The maximum Gasteiger partial charge on any atom is 0.260 e. The van der Waals surface area contributed by atoms with Crippen molar-refractivity contribution in [2.45, 2.75) is 5.25 Å². The van der Waals surface area contributed by atoms with Gasteiger partial charge in [0.2, 0.25) is 0 Å². The van der Waals surface area contributed by atoms with E-state index in [0.29, 0.717) is 16.7 Å². The Morgan fingerprint density at radius 2 is 1.83 bits per heavy atom. The van der Waals surface area contributed by atoms with Gasteiger partial charge in [0.25, 0.3) is 5.91 Å². The first-order valence-corrected chi connectivity index (χ1v) is 9.03. The van der Waals surface area contributed by atoms with Crippen molar-refractivity contribution in [1.82, 2.24) is 4.90 Å². The molecule has 0 spiro atoms. The SMILES string of the molecule is COc1ccccc1OCC(=O)N1CCSC(c2ccccc2)C1. The van der Waals surface area contributed by atoms with E-state index in [9.17, 15) is 4.79 Å². The molecule has 0 aromatic heterocycles. The Morgan fingerprint density at radius 1 is 1.12 bits per heavy atom.